The first-order valence-corrected chi connectivity index (χ1v) is 6.77. The van der Waals surface area contributed by atoms with Crippen LogP contribution in [0, 0.1) is 0 Å². The number of anilines is 1. The van der Waals surface area contributed by atoms with Crippen LogP contribution in [0.1, 0.15) is 0 Å². The Kier molecular flexibility index (Phi) is 7.75. The van der Waals surface area contributed by atoms with Gasteiger partial charge in [-0.1, -0.05) is 34.8 Å². The molecule has 0 fully saturated rings. The minimum Gasteiger partial charge on any atom is -0.306 e. The molecule has 98 valence electrons. The van der Waals surface area contributed by atoms with Gasteiger partial charge in [0.2, 0.25) is 0 Å². The van der Waals surface area contributed by atoms with Crippen molar-refractivity contribution in [2.75, 3.05) is 5.43 Å². The number of hydrogen-bond donors (Lipinski definition) is 5. The zero-order valence-corrected chi connectivity index (χ0v) is 11.8. The van der Waals surface area contributed by atoms with Gasteiger partial charge in [0.25, 0.3) is 0 Å². The molecule has 0 aliphatic heterocycles. The summed E-state index contributed by atoms with van der Waals surface area (Å²) in [5.74, 6) is 0. The van der Waals surface area contributed by atoms with E-state index in [1.807, 2.05) is 0 Å². The van der Waals surface area contributed by atoms with Gasteiger partial charge in [0.15, 0.2) is 0 Å². The molecular weight excluding hydrogens is 337 g/mol. The lowest BCUT2D eigenvalue weighted by Crippen LogP contribution is -2.08. The van der Waals surface area contributed by atoms with E-state index in [9.17, 15) is 0 Å². The maximum Gasteiger partial charge on any atom is 0.466 e. The number of benzene rings is 1. The van der Waals surface area contributed by atoms with E-state index < -0.39 is 7.82 Å². The van der Waals surface area contributed by atoms with Gasteiger partial charge in [-0.3, -0.25) is 0 Å². The summed E-state index contributed by atoms with van der Waals surface area (Å²) < 4.78 is 8.88. The van der Waals surface area contributed by atoms with Crippen molar-refractivity contribution in [2.24, 2.45) is 0 Å². The van der Waals surface area contributed by atoms with Crippen molar-refractivity contribution in [3.8, 4) is 0 Å². The lowest BCUT2D eigenvalue weighted by Gasteiger charge is -2.06. The molecule has 0 saturated heterocycles. The molecule has 0 aliphatic carbocycles. The fourth-order valence-corrected chi connectivity index (χ4v) is 1.37. The van der Waals surface area contributed by atoms with E-state index in [-0.39, 0.29) is 0 Å². The molecule has 11 heteroatoms. The molecule has 0 heterocycles. The molecule has 0 aromatic heterocycles. The number of rotatable bonds is 2. The van der Waals surface area contributed by atoms with Crippen LogP contribution in [-0.2, 0) is 4.57 Å². The Morgan fingerprint density at radius 2 is 1.41 bits per heavy atom. The molecule has 17 heavy (non-hydrogen) atoms. The molecule has 1 rings (SSSR count). The fourth-order valence-electron chi connectivity index (χ4n) is 0.669. The SMILES string of the molecule is ClNNc1cc(Cl)c(Cl)cc1Cl.O=P(O)(O)O. The van der Waals surface area contributed by atoms with E-state index in [4.69, 9.17) is 65.8 Å². The second-order valence-electron chi connectivity index (χ2n) is 2.48. The Labute approximate surface area is 117 Å². The van der Waals surface area contributed by atoms with Crippen LogP contribution in [0.4, 0.5) is 5.69 Å². The summed E-state index contributed by atoms with van der Waals surface area (Å²) in [4.78, 5) is 23.8. The molecule has 0 amide bonds. The van der Waals surface area contributed by atoms with Crippen molar-refractivity contribution in [3.05, 3.63) is 27.2 Å². The molecule has 0 spiro atoms. The van der Waals surface area contributed by atoms with Crippen LogP contribution < -0.4 is 10.4 Å². The molecule has 5 N–H and O–H groups in total. The van der Waals surface area contributed by atoms with Crippen molar-refractivity contribution in [1.29, 1.82) is 0 Å². The highest BCUT2D eigenvalue weighted by molar-refractivity contribution is 7.45. The summed E-state index contributed by atoms with van der Waals surface area (Å²) >= 11 is 22.4. The molecule has 6 nitrogen and oxygen atoms in total. The lowest BCUT2D eigenvalue weighted by molar-refractivity contribution is 0.275. The molecule has 0 radical (unpaired) electrons. The van der Waals surface area contributed by atoms with E-state index in [1.54, 1.807) is 6.07 Å². The highest BCUT2D eigenvalue weighted by atomic mass is 35.5. The van der Waals surface area contributed by atoms with Gasteiger partial charge in [-0.25, -0.2) is 4.57 Å². The van der Waals surface area contributed by atoms with E-state index in [2.05, 4.69) is 10.4 Å². The minimum atomic E-state index is -4.64. The molecule has 0 saturated carbocycles. The Hall–Kier alpha value is 0.250. The van der Waals surface area contributed by atoms with Crippen molar-refractivity contribution in [3.63, 3.8) is 0 Å². The monoisotopic (exact) mass is 342 g/mol. The second kappa shape index (κ2) is 7.63. The van der Waals surface area contributed by atoms with Crippen molar-refractivity contribution in [1.82, 2.24) is 4.94 Å². The van der Waals surface area contributed by atoms with Crippen LogP contribution in [-0.4, -0.2) is 14.7 Å². The molecule has 0 bridgehead atoms. The minimum absolute atomic E-state index is 0.404. The summed E-state index contributed by atoms with van der Waals surface area (Å²) in [5, 5.41) is 1.26. The molecular formula is C6H7Cl4N2O4P. The normalized spacial score (nSPS) is 10.5. The fraction of sp³-hybridized carbons (Fsp3) is 0. The first-order valence-electron chi connectivity index (χ1n) is 3.69. The third-order valence-corrected chi connectivity index (χ3v) is 2.32. The predicted molar refractivity (Wildman–Crippen MR) is 68.3 cm³/mol. The van der Waals surface area contributed by atoms with Gasteiger partial charge in [-0.05, 0) is 23.9 Å². The van der Waals surface area contributed by atoms with Gasteiger partial charge in [0, 0.05) is 0 Å². The highest BCUT2D eigenvalue weighted by Gasteiger charge is 2.04. The lowest BCUT2D eigenvalue weighted by atomic mass is 10.3. The van der Waals surface area contributed by atoms with Gasteiger partial charge in [0.1, 0.15) is 0 Å². The van der Waals surface area contributed by atoms with Crippen LogP contribution in [0.2, 0.25) is 15.1 Å². The van der Waals surface area contributed by atoms with E-state index in [0.29, 0.717) is 20.8 Å². The highest BCUT2D eigenvalue weighted by Crippen LogP contribution is 2.31. The standard InChI is InChI=1S/C6H4Cl4N2.H3O4P/c7-3-1-5(9)6(11-12-10)2-4(3)8;1-5(2,3)4/h1-2,11-12H;(H3,1,2,3,4). The van der Waals surface area contributed by atoms with Crippen LogP contribution in [0.25, 0.3) is 0 Å². The van der Waals surface area contributed by atoms with Gasteiger partial charge < -0.3 is 20.1 Å². The van der Waals surface area contributed by atoms with Crippen LogP contribution in [0.3, 0.4) is 0 Å². The van der Waals surface area contributed by atoms with E-state index in [1.165, 1.54) is 6.07 Å². The third-order valence-electron chi connectivity index (χ3n) is 1.19. The van der Waals surface area contributed by atoms with Gasteiger partial charge in [-0.15, -0.1) is 4.94 Å². The zero-order chi connectivity index (χ0) is 13.6. The number of nitrogens with one attached hydrogen (secondary N) is 2. The predicted octanol–water partition coefficient (Wildman–Crippen LogP) is 2.79. The number of halogens is 4. The molecule has 1 aromatic carbocycles. The van der Waals surface area contributed by atoms with Crippen molar-refractivity contribution >= 4 is 60.1 Å². The van der Waals surface area contributed by atoms with Crippen LogP contribution in [0.15, 0.2) is 12.1 Å². The average Bonchev–Trinajstić information content (AvgIpc) is 2.12. The molecule has 0 atom stereocenters. The smallest absolute Gasteiger partial charge is 0.306 e. The first kappa shape index (κ1) is 17.2. The van der Waals surface area contributed by atoms with Crippen molar-refractivity contribution < 1.29 is 19.2 Å². The molecule has 0 unspecified atom stereocenters. The number of hydrogen-bond acceptors (Lipinski definition) is 3. The van der Waals surface area contributed by atoms with Crippen molar-refractivity contribution in [2.45, 2.75) is 0 Å². The topological polar surface area (TPSA) is 102 Å². The largest absolute Gasteiger partial charge is 0.466 e. The number of phosphoric acid groups is 1. The Bertz CT molecular complexity index is 418. The number of hydrazine groups is 1. The maximum atomic E-state index is 8.88. The quantitative estimate of drug-likeness (QED) is 0.245. The van der Waals surface area contributed by atoms with Crippen LogP contribution in [0.5, 0.6) is 0 Å². The molecule has 1 aromatic rings. The Balaban J connectivity index is 0.000000437. The second-order valence-corrected chi connectivity index (χ2v) is 4.92. The maximum absolute atomic E-state index is 8.88. The summed E-state index contributed by atoms with van der Waals surface area (Å²) in [6.45, 7) is 0. The first-order chi connectivity index (χ1) is 7.65. The van der Waals surface area contributed by atoms with E-state index in [0.717, 1.165) is 0 Å². The van der Waals surface area contributed by atoms with Gasteiger partial charge >= 0.3 is 7.82 Å². The summed E-state index contributed by atoms with van der Waals surface area (Å²) in [6.07, 6.45) is 0. The zero-order valence-electron chi connectivity index (χ0n) is 7.86. The summed E-state index contributed by atoms with van der Waals surface area (Å²) in [5.41, 5.74) is 3.15. The summed E-state index contributed by atoms with van der Waals surface area (Å²) in [6, 6.07) is 3.10. The summed E-state index contributed by atoms with van der Waals surface area (Å²) in [7, 11) is -4.64. The van der Waals surface area contributed by atoms with Gasteiger partial charge in [-0.2, -0.15) is 0 Å². The molecule has 0 aliphatic rings. The Morgan fingerprint density at radius 1 is 1.00 bits per heavy atom. The van der Waals surface area contributed by atoms with Gasteiger partial charge in [0.05, 0.1) is 20.8 Å². The van der Waals surface area contributed by atoms with Crippen LogP contribution >= 0.6 is 54.4 Å². The average molecular weight is 344 g/mol. The Morgan fingerprint density at radius 3 is 1.82 bits per heavy atom. The third kappa shape index (κ3) is 8.90. The van der Waals surface area contributed by atoms with E-state index >= 15 is 0 Å².